The quantitative estimate of drug-likeness (QED) is 0.803. The molecule has 2 unspecified atom stereocenters. The van der Waals surface area contributed by atoms with E-state index in [4.69, 9.17) is 0 Å². The van der Waals surface area contributed by atoms with Gasteiger partial charge in [-0.1, -0.05) is 48.2 Å². The third-order valence-corrected chi connectivity index (χ3v) is 3.96. The lowest BCUT2D eigenvalue weighted by atomic mass is 10.1. The minimum atomic E-state index is 0.226. The normalized spacial score (nSPS) is 26.6. The zero-order chi connectivity index (χ0) is 11.0. The molecular weight excluding hydrogens is 218 g/mol. The van der Waals surface area contributed by atoms with Gasteiger partial charge in [0.1, 0.15) is 10.8 Å². The molecule has 80 valence electrons. The number of hydrogen-bond acceptors (Lipinski definition) is 3. The minimum absolute atomic E-state index is 0.226. The van der Waals surface area contributed by atoms with Crippen LogP contribution in [0.25, 0.3) is 0 Å². The number of benzene rings is 1. The van der Waals surface area contributed by atoms with Crippen LogP contribution in [0, 0.1) is 0 Å². The Morgan fingerprint density at radius 2 is 1.94 bits per heavy atom. The molecule has 0 amide bonds. The number of nitrogens with zero attached hydrogens (tertiary/aromatic N) is 1. The zero-order valence-corrected chi connectivity index (χ0v) is 9.39. The fourth-order valence-corrected chi connectivity index (χ4v) is 3.08. The highest BCUT2D eigenvalue weighted by Crippen LogP contribution is 2.35. The predicted octanol–water partition coefficient (Wildman–Crippen LogP) is 2.75. The summed E-state index contributed by atoms with van der Waals surface area (Å²) in [7, 11) is 0. The number of phenolic OH excluding ortho intramolecular Hbond substituents is 1. The number of rotatable bonds is 1. The largest absolute Gasteiger partial charge is 0.507 e. The van der Waals surface area contributed by atoms with Gasteiger partial charge in [-0.15, -0.1) is 0 Å². The summed E-state index contributed by atoms with van der Waals surface area (Å²) in [6.07, 6.45) is 8.34. The molecule has 3 rings (SSSR count). The van der Waals surface area contributed by atoms with Crippen LogP contribution in [0.1, 0.15) is 5.56 Å². The van der Waals surface area contributed by atoms with Crippen molar-refractivity contribution in [1.82, 2.24) is 0 Å². The number of phenols is 1. The zero-order valence-electron chi connectivity index (χ0n) is 8.58. The molecule has 0 saturated carbocycles. The molecule has 0 saturated heterocycles. The van der Waals surface area contributed by atoms with Gasteiger partial charge in [0.25, 0.3) is 0 Å². The summed E-state index contributed by atoms with van der Waals surface area (Å²) in [6, 6.07) is 7.58. The van der Waals surface area contributed by atoms with Crippen molar-refractivity contribution < 1.29 is 5.11 Å². The van der Waals surface area contributed by atoms with Crippen LogP contribution in [0.5, 0.6) is 5.75 Å². The highest BCUT2D eigenvalue weighted by atomic mass is 32.2. The van der Waals surface area contributed by atoms with Gasteiger partial charge in [-0.3, -0.25) is 4.99 Å². The molecule has 0 radical (unpaired) electrons. The number of hydrogen-bond donors (Lipinski definition) is 1. The lowest BCUT2D eigenvalue weighted by Gasteiger charge is -2.11. The maximum atomic E-state index is 9.77. The third-order valence-electron chi connectivity index (χ3n) is 2.71. The van der Waals surface area contributed by atoms with Crippen LogP contribution >= 0.6 is 11.8 Å². The Kier molecular flexibility index (Phi) is 2.33. The van der Waals surface area contributed by atoms with E-state index < -0.39 is 0 Å². The van der Waals surface area contributed by atoms with Crippen molar-refractivity contribution in [3.63, 3.8) is 0 Å². The van der Waals surface area contributed by atoms with Crippen LogP contribution < -0.4 is 0 Å². The van der Waals surface area contributed by atoms with E-state index in [1.54, 1.807) is 17.8 Å². The molecular formula is C13H11NOS. The van der Waals surface area contributed by atoms with Crippen molar-refractivity contribution in [2.45, 2.75) is 11.3 Å². The number of aromatic hydroxyl groups is 1. The molecule has 1 aliphatic heterocycles. The lowest BCUT2D eigenvalue weighted by molar-refractivity contribution is 0.474. The van der Waals surface area contributed by atoms with Crippen molar-refractivity contribution in [2.75, 3.05) is 0 Å². The molecule has 0 bridgehead atoms. The molecule has 0 aromatic heterocycles. The van der Waals surface area contributed by atoms with Gasteiger partial charge in [0, 0.05) is 5.56 Å². The van der Waals surface area contributed by atoms with Crippen LogP contribution in [0.15, 0.2) is 53.6 Å². The van der Waals surface area contributed by atoms with Gasteiger partial charge in [0.05, 0.1) is 11.3 Å². The summed E-state index contributed by atoms with van der Waals surface area (Å²) in [5.41, 5.74) is 0.837. The first-order valence-corrected chi connectivity index (χ1v) is 6.10. The molecule has 0 spiro atoms. The highest BCUT2D eigenvalue weighted by molar-refractivity contribution is 8.15. The van der Waals surface area contributed by atoms with Gasteiger partial charge in [-0.05, 0) is 12.1 Å². The van der Waals surface area contributed by atoms with E-state index in [1.165, 1.54) is 0 Å². The van der Waals surface area contributed by atoms with Gasteiger partial charge in [0.2, 0.25) is 0 Å². The van der Waals surface area contributed by atoms with Crippen LogP contribution in [0.2, 0.25) is 0 Å². The second-order valence-electron chi connectivity index (χ2n) is 3.79. The summed E-state index contributed by atoms with van der Waals surface area (Å²) < 4.78 is 0. The standard InChI is InChI=1S/C13H11NOS/c15-11-7-3-1-5-9(11)13-14-10-6-2-4-8-12(10)16-13/h1-8,10,12,15H. The van der Waals surface area contributed by atoms with E-state index in [9.17, 15) is 5.11 Å². The molecule has 2 atom stereocenters. The monoisotopic (exact) mass is 229 g/mol. The Morgan fingerprint density at radius 3 is 2.75 bits per heavy atom. The van der Waals surface area contributed by atoms with E-state index in [2.05, 4.69) is 23.2 Å². The fraction of sp³-hybridized carbons (Fsp3) is 0.154. The van der Waals surface area contributed by atoms with E-state index in [0.717, 1.165) is 10.6 Å². The Labute approximate surface area is 98.4 Å². The summed E-state index contributed by atoms with van der Waals surface area (Å²) in [5.74, 6) is 0.306. The van der Waals surface area contributed by atoms with Crippen molar-refractivity contribution >= 4 is 16.8 Å². The summed E-state index contributed by atoms with van der Waals surface area (Å²) in [4.78, 5) is 4.62. The number of fused-ring (bicyclic) bond motifs is 1. The second kappa shape index (κ2) is 3.83. The smallest absolute Gasteiger partial charge is 0.125 e. The Balaban J connectivity index is 1.96. The maximum Gasteiger partial charge on any atom is 0.125 e. The highest BCUT2D eigenvalue weighted by Gasteiger charge is 2.28. The van der Waals surface area contributed by atoms with Gasteiger partial charge in [-0.25, -0.2) is 0 Å². The van der Waals surface area contributed by atoms with Crippen LogP contribution in [-0.4, -0.2) is 21.4 Å². The van der Waals surface area contributed by atoms with Crippen LogP contribution in [0.3, 0.4) is 0 Å². The first-order valence-electron chi connectivity index (χ1n) is 5.22. The molecule has 0 fully saturated rings. The molecule has 1 aromatic carbocycles. The SMILES string of the molecule is Oc1ccccc1C1=NC2C=CC=CC2S1. The van der Waals surface area contributed by atoms with Crippen LogP contribution in [0.4, 0.5) is 0 Å². The molecule has 1 heterocycles. The van der Waals surface area contributed by atoms with Crippen molar-refractivity contribution in [2.24, 2.45) is 4.99 Å². The van der Waals surface area contributed by atoms with Gasteiger partial charge in [-0.2, -0.15) is 0 Å². The molecule has 1 N–H and O–H groups in total. The topological polar surface area (TPSA) is 32.6 Å². The minimum Gasteiger partial charge on any atom is -0.507 e. The Hall–Kier alpha value is -1.48. The molecule has 1 aromatic rings. The number of thioether (sulfide) groups is 1. The third kappa shape index (κ3) is 1.57. The second-order valence-corrected chi connectivity index (χ2v) is 4.96. The average Bonchev–Trinajstić information content (AvgIpc) is 2.73. The summed E-state index contributed by atoms with van der Waals surface area (Å²) in [5, 5.41) is 11.1. The summed E-state index contributed by atoms with van der Waals surface area (Å²) >= 11 is 1.71. The molecule has 2 nitrogen and oxygen atoms in total. The molecule has 2 aliphatic rings. The maximum absolute atomic E-state index is 9.77. The molecule has 1 aliphatic carbocycles. The van der Waals surface area contributed by atoms with Crippen LogP contribution in [-0.2, 0) is 0 Å². The van der Waals surface area contributed by atoms with E-state index >= 15 is 0 Å². The lowest BCUT2D eigenvalue weighted by Crippen LogP contribution is -2.13. The predicted molar refractivity (Wildman–Crippen MR) is 68.1 cm³/mol. The van der Waals surface area contributed by atoms with E-state index in [0.29, 0.717) is 11.0 Å². The van der Waals surface area contributed by atoms with Gasteiger partial charge in [0.15, 0.2) is 0 Å². The van der Waals surface area contributed by atoms with Crippen molar-refractivity contribution in [3.05, 3.63) is 54.1 Å². The van der Waals surface area contributed by atoms with Crippen molar-refractivity contribution in [1.29, 1.82) is 0 Å². The van der Waals surface area contributed by atoms with E-state index in [1.807, 2.05) is 24.3 Å². The number of para-hydroxylation sites is 1. The average molecular weight is 229 g/mol. The molecule has 3 heteroatoms. The molecule has 16 heavy (non-hydrogen) atoms. The van der Waals surface area contributed by atoms with Crippen molar-refractivity contribution in [3.8, 4) is 5.75 Å². The van der Waals surface area contributed by atoms with Gasteiger partial charge < -0.3 is 5.11 Å². The Morgan fingerprint density at radius 1 is 1.12 bits per heavy atom. The Bertz CT molecular complexity index is 504. The number of aliphatic imine (C=N–C) groups is 1. The van der Waals surface area contributed by atoms with E-state index in [-0.39, 0.29) is 6.04 Å². The fourth-order valence-electron chi connectivity index (χ4n) is 1.88. The van der Waals surface area contributed by atoms with Gasteiger partial charge >= 0.3 is 0 Å². The first kappa shape index (κ1) is 9.73. The number of allylic oxidation sites excluding steroid dienone is 2. The first-order chi connectivity index (χ1) is 7.84. The summed E-state index contributed by atoms with van der Waals surface area (Å²) in [6.45, 7) is 0.